The van der Waals surface area contributed by atoms with E-state index in [1.807, 2.05) is 55.6 Å². The van der Waals surface area contributed by atoms with E-state index in [1.54, 1.807) is 18.2 Å². The summed E-state index contributed by atoms with van der Waals surface area (Å²) in [4.78, 5) is 32.0. The van der Waals surface area contributed by atoms with Crippen LogP contribution in [0.3, 0.4) is 0 Å². The number of amides is 2. The zero-order chi connectivity index (χ0) is 18.3. The molecular weight excluding hydrogens is 344 g/mol. The third-order valence-corrected chi connectivity index (χ3v) is 5.16. The third kappa shape index (κ3) is 2.66. The topological polar surface area (TPSA) is 50.3 Å². The molecule has 0 atom stereocenters. The average molecular weight is 360 g/mol. The van der Waals surface area contributed by atoms with Gasteiger partial charge < -0.3 is 0 Å². The number of benzene rings is 2. The molecule has 0 aliphatic carbocycles. The normalized spacial score (nSPS) is 15.5. The zero-order valence-electron chi connectivity index (χ0n) is 14.4. The molecule has 2 amide bonds. The second-order valence-electron chi connectivity index (χ2n) is 6.13. The van der Waals surface area contributed by atoms with Crippen LogP contribution in [0.4, 0.5) is 5.69 Å². The number of hydrogen-bond donors (Lipinski definition) is 0. The number of aryl methyl sites for hydroxylation is 2. The number of anilines is 1. The smallest absolute Gasteiger partial charge is 0.266 e. The highest BCUT2D eigenvalue weighted by atomic mass is 32.1. The summed E-state index contributed by atoms with van der Waals surface area (Å²) < 4.78 is 0. The fourth-order valence-corrected chi connectivity index (χ4v) is 3.69. The first-order chi connectivity index (χ1) is 12.6. The van der Waals surface area contributed by atoms with Crippen molar-refractivity contribution in [1.29, 1.82) is 0 Å². The van der Waals surface area contributed by atoms with Crippen LogP contribution in [-0.2, 0) is 4.79 Å². The van der Waals surface area contributed by atoms with Crippen LogP contribution in [0.15, 0.2) is 53.9 Å². The summed E-state index contributed by atoms with van der Waals surface area (Å²) in [7, 11) is 0. The summed E-state index contributed by atoms with van der Waals surface area (Å²) in [6.45, 7) is 3.82. The lowest BCUT2D eigenvalue weighted by molar-refractivity contribution is -0.112. The van der Waals surface area contributed by atoms with E-state index in [9.17, 15) is 9.59 Å². The maximum absolute atomic E-state index is 13.3. The molecule has 0 spiro atoms. The first kappa shape index (κ1) is 16.4. The van der Waals surface area contributed by atoms with Crippen molar-refractivity contribution < 1.29 is 9.59 Å². The van der Waals surface area contributed by atoms with E-state index in [4.69, 9.17) is 0 Å². The van der Waals surface area contributed by atoms with Gasteiger partial charge in [0.15, 0.2) is 0 Å². The SMILES string of the molecule is Cc1nc(/C=C2/C(=O)N(c3ccccc3C)C(=O)c3ccccc32)cs1. The van der Waals surface area contributed by atoms with Gasteiger partial charge in [0, 0.05) is 16.5 Å². The van der Waals surface area contributed by atoms with Gasteiger partial charge in [-0.25, -0.2) is 9.88 Å². The van der Waals surface area contributed by atoms with Gasteiger partial charge in [-0.05, 0) is 37.6 Å². The first-order valence-corrected chi connectivity index (χ1v) is 9.12. The van der Waals surface area contributed by atoms with Gasteiger partial charge in [-0.2, -0.15) is 0 Å². The molecule has 5 heteroatoms. The van der Waals surface area contributed by atoms with Crippen LogP contribution in [0.5, 0.6) is 0 Å². The largest absolute Gasteiger partial charge is 0.268 e. The standard InChI is InChI=1S/C21H16N2O2S/c1-13-7-3-6-10-19(13)23-20(24)17-9-5-4-8-16(17)18(21(23)25)11-15-12-26-14(2)22-15/h3-12H,1-2H3/b18-11+. The lowest BCUT2D eigenvalue weighted by Gasteiger charge is -2.29. The summed E-state index contributed by atoms with van der Waals surface area (Å²) in [6.07, 6.45) is 1.77. The van der Waals surface area contributed by atoms with Crippen molar-refractivity contribution in [2.45, 2.75) is 13.8 Å². The number of aromatic nitrogens is 1. The molecule has 0 bridgehead atoms. The number of rotatable bonds is 2. The van der Waals surface area contributed by atoms with Crippen molar-refractivity contribution in [3.05, 3.63) is 81.3 Å². The van der Waals surface area contributed by atoms with E-state index in [1.165, 1.54) is 16.2 Å². The second kappa shape index (κ2) is 6.35. The summed E-state index contributed by atoms with van der Waals surface area (Å²) in [5.74, 6) is -0.625. The summed E-state index contributed by atoms with van der Waals surface area (Å²) in [5, 5.41) is 2.84. The Labute approximate surface area is 155 Å². The molecular formula is C21H16N2O2S. The minimum atomic E-state index is -0.325. The molecule has 1 aliphatic heterocycles. The molecule has 0 saturated heterocycles. The molecule has 4 nitrogen and oxygen atoms in total. The molecule has 128 valence electrons. The lowest BCUT2D eigenvalue weighted by Crippen LogP contribution is -2.42. The third-order valence-electron chi connectivity index (χ3n) is 4.37. The molecule has 26 heavy (non-hydrogen) atoms. The minimum Gasteiger partial charge on any atom is -0.268 e. The number of para-hydroxylation sites is 1. The molecule has 4 rings (SSSR count). The fraction of sp³-hybridized carbons (Fsp3) is 0.0952. The van der Waals surface area contributed by atoms with E-state index in [-0.39, 0.29) is 11.8 Å². The number of hydrogen-bond acceptors (Lipinski definition) is 4. The zero-order valence-corrected chi connectivity index (χ0v) is 15.2. The molecule has 0 fully saturated rings. The number of carbonyl (C=O) groups is 2. The minimum absolute atomic E-state index is 0.300. The van der Waals surface area contributed by atoms with E-state index in [2.05, 4.69) is 4.98 Å². The Morgan fingerprint density at radius 2 is 1.62 bits per heavy atom. The summed E-state index contributed by atoms with van der Waals surface area (Å²) in [6, 6.07) is 14.6. The van der Waals surface area contributed by atoms with Crippen molar-refractivity contribution in [3.8, 4) is 0 Å². The number of carbonyl (C=O) groups excluding carboxylic acids is 2. The number of thiazole rings is 1. The van der Waals surface area contributed by atoms with Gasteiger partial charge in [-0.1, -0.05) is 36.4 Å². The number of nitrogens with zero attached hydrogens (tertiary/aromatic N) is 2. The highest BCUT2D eigenvalue weighted by molar-refractivity contribution is 7.09. The highest BCUT2D eigenvalue weighted by Gasteiger charge is 2.36. The number of fused-ring (bicyclic) bond motifs is 1. The average Bonchev–Trinajstić information content (AvgIpc) is 3.05. The first-order valence-electron chi connectivity index (χ1n) is 8.24. The lowest BCUT2D eigenvalue weighted by atomic mass is 9.92. The van der Waals surface area contributed by atoms with Crippen LogP contribution in [0.1, 0.15) is 32.2 Å². The van der Waals surface area contributed by atoms with E-state index in [0.29, 0.717) is 22.4 Å². The Bertz CT molecular complexity index is 1070. The quantitative estimate of drug-likeness (QED) is 0.500. The Hall–Kier alpha value is -3.05. The van der Waals surface area contributed by atoms with Crippen LogP contribution in [-0.4, -0.2) is 16.8 Å². The Morgan fingerprint density at radius 3 is 2.31 bits per heavy atom. The monoisotopic (exact) mass is 360 g/mol. The Kier molecular flexibility index (Phi) is 4.01. The van der Waals surface area contributed by atoms with E-state index >= 15 is 0 Å². The van der Waals surface area contributed by atoms with Crippen LogP contribution >= 0.6 is 11.3 Å². The van der Waals surface area contributed by atoms with Crippen molar-refractivity contribution in [2.75, 3.05) is 4.90 Å². The van der Waals surface area contributed by atoms with Gasteiger partial charge in [-0.3, -0.25) is 9.59 Å². The molecule has 0 radical (unpaired) electrons. The van der Waals surface area contributed by atoms with Crippen molar-refractivity contribution in [3.63, 3.8) is 0 Å². The Morgan fingerprint density at radius 1 is 0.923 bits per heavy atom. The number of imide groups is 1. The maximum Gasteiger partial charge on any atom is 0.266 e. The van der Waals surface area contributed by atoms with Crippen LogP contribution in [0, 0.1) is 13.8 Å². The molecule has 3 aromatic rings. The summed E-state index contributed by atoms with van der Waals surface area (Å²) >= 11 is 1.53. The van der Waals surface area contributed by atoms with Crippen LogP contribution < -0.4 is 4.90 Å². The second-order valence-corrected chi connectivity index (χ2v) is 7.19. The van der Waals surface area contributed by atoms with Crippen molar-refractivity contribution >= 4 is 40.5 Å². The van der Waals surface area contributed by atoms with Crippen LogP contribution in [0.2, 0.25) is 0 Å². The molecule has 2 aromatic carbocycles. The molecule has 1 aromatic heterocycles. The van der Waals surface area contributed by atoms with E-state index in [0.717, 1.165) is 16.3 Å². The Balaban J connectivity index is 1.93. The van der Waals surface area contributed by atoms with Crippen LogP contribution in [0.25, 0.3) is 11.6 Å². The van der Waals surface area contributed by atoms with Gasteiger partial charge in [0.2, 0.25) is 0 Å². The van der Waals surface area contributed by atoms with Crippen molar-refractivity contribution in [2.24, 2.45) is 0 Å². The molecule has 2 heterocycles. The highest BCUT2D eigenvalue weighted by Crippen LogP contribution is 2.34. The van der Waals surface area contributed by atoms with Gasteiger partial charge in [0.25, 0.3) is 11.8 Å². The van der Waals surface area contributed by atoms with Gasteiger partial charge in [0.05, 0.1) is 22.0 Å². The molecule has 0 unspecified atom stereocenters. The van der Waals surface area contributed by atoms with Gasteiger partial charge in [0.1, 0.15) is 0 Å². The maximum atomic E-state index is 13.3. The fourth-order valence-electron chi connectivity index (χ4n) is 3.12. The molecule has 0 saturated carbocycles. The van der Waals surface area contributed by atoms with Gasteiger partial charge in [-0.15, -0.1) is 11.3 Å². The summed E-state index contributed by atoms with van der Waals surface area (Å²) in [5.41, 5.74) is 3.86. The van der Waals surface area contributed by atoms with E-state index < -0.39 is 0 Å². The van der Waals surface area contributed by atoms with Gasteiger partial charge >= 0.3 is 0 Å². The molecule has 0 N–H and O–H groups in total. The van der Waals surface area contributed by atoms with Crippen molar-refractivity contribution in [1.82, 2.24) is 4.98 Å². The molecule has 1 aliphatic rings. The predicted molar refractivity (Wildman–Crippen MR) is 104 cm³/mol. The predicted octanol–water partition coefficient (Wildman–Crippen LogP) is 4.49.